The minimum Gasteiger partial charge on any atom is -0.481 e. The molecular weight excluding hydrogens is 784 g/mol. The number of aliphatic carboxylic acids is 3. The summed E-state index contributed by atoms with van der Waals surface area (Å²) in [4.78, 5) is 129. The van der Waals surface area contributed by atoms with Crippen LogP contribution < -0.4 is 27.0 Å². The maximum absolute atomic E-state index is 14.9. The second-order valence-corrected chi connectivity index (χ2v) is 15.8. The molecule has 9 N–H and O–H groups in total. The maximum Gasteiger partial charge on any atom is 0.305 e. The van der Waals surface area contributed by atoms with Crippen LogP contribution in [-0.2, 0) is 54.4 Å². The molecule has 0 aliphatic carbocycles. The van der Waals surface area contributed by atoms with Crippen LogP contribution in [0.2, 0.25) is 0 Å². The topological polar surface area (TPSA) is 309 Å². The molecular formula is C41H60N6O13. The van der Waals surface area contributed by atoms with Crippen molar-refractivity contribution in [3.05, 3.63) is 47.5 Å². The predicted octanol–water partition coefficient (Wildman–Crippen LogP) is 0.991. The lowest BCUT2D eigenvalue weighted by Crippen LogP contribution is -2.64. The molecule has 19 heteroatoms. The van der Waals surface area contributed by atoms with E-state index in [4.69, 9.17) is 10.8 Å². The molecule has 0 heterocycles. The zero-order chi connectivity index (χ0) is 45.7. The largest absolute Gasteiger partial charge is 0.481 e. The molecule has 0 bridgehead atoms. The molecule has 19 nitrogen and oxygen atoms in total. The van der Waals surface area contributed by atoms with Crippen molar-refractivity contribution in [1.82, 2.24) is 26.2 Å². The Hall–Kier alpha value is -5.98. The molecule has 5 atom stereocenters. The van der Waals surface area contributed by atoms with Crippen LogP contribution in [0.5, 0.6) is 0 Å². The number of rotatable bonds is 26. The van der Waals surface area contributed by atoms with Gasteiger partial charge in [-0.25, -0.2) is 0 Å². The van der Waals surface area contributed by atoms with Crippen LogP contribution in [0, 0.1) is 18.3 Å². The number of aldehydes is 1. The van der Waals surface area contributed by atoms with Gasteiger partial charge in [0.05, 0.1) is 18.9 Å². The molecule has 0 fully saturated rings. The summed E-state index contributed by atoms with van der Waals surface area (Å²) in [7, 11) is 0. The number of carbonyl (C=O) groups excluding carboxylic acids is 7. The van der Waals surface area contributed by atoms with E-state index < -0.39 is 121 Å². The van der Waals surface area contributed by atoms with Crippen molar-refractivity contribution >= 4 is 59.6 Å². The van der Waals surface area contributed by atoms with Crippen molar-refractivity contribution in [1.29, 1.82) is 0 Å². The summed E-state index contributed by atoms with van der Waals surface area (Å²) < 4.78 is 0. The first-order chi connectivity index (χ1) is 28.0. The summed E-state index contributed by atoms with van der Waals surface area (Å²) in [6, 6.07) is -1.18. The smallest absolute Gasteiger partial charge is 0.305 e. The van der Waals surface area contributed by atoms with Gasteiger partial charge in [0.15, 0.2) is 0 Å². The van der Waals surface area contributed by atoms with Crippen molar-refractivity contribution in [2.45, 2.75) is 130 Å². The molecule has 1 aromatic carbocycles. The molecule has 1 rings (SSSR count). The highest BCUT2D eigenvalue weighted by atomic mass is 16.4. The van der Waals surface area contributed by atoms with Crippen molar-refractivity contribution in [3.8, 4) is 0 Å². The Bertz CT molecular complexity index is 1740. The van der Waals surface area contributed by atoms with E-state index in [0.29, 0.717) is 28.9 Å². The number of amides is 6. The number of carbonyl (C=O) groups is 10. The van der Waals surface area contributed by atoms with Crippen LogP contribution in [0.4, 0.5) is 0 Å². The number of aryl methyl sites for hydroxylation is 1. The highest BCUT2D eigenvalue weighted by molar-refractivity contribution is 6.05. The number of carboxylic acid groups (broad SMARTS) is 3. The second-order valence-electron chi connectivity index (χ2n) is 15.8. The quantitative estimate of drug-likeness (QED) is 0.0367. The van der Waals surface area contributed by atoms with Crippen molar-refractivity contribution in [2.75, 3.05) is 6.54 Å². The first-order valence-corrected chi connectivity index (χ1v) is 19.6. The molecule has 0 aliphatic heterocycles. The van der Waals surface area contributed by atoms with E-state index in [9.17, 15) is 58.2 Å². The van der Waals surface area contributed by atoms with Gasteiger partial charge in [-0.2, -0.15) is 0 Å². The highest BCUT2D eigenvalue weighted by Crippen LogP contribution is 2.28. The summed E-state index contributed by atoms with van der Waals surface area (Å²) in [5, 5.41) is 38.1. The molecule has 332 valence electrons. The zero-order valence-corrected chi connectivity index (χ0v) is 35.0. The fourth-order valence-electron chi connectivity index (χ4n) is 6.02. The molecule has 0 unspecified atom stereocenters. The number of carboxylic acids is 3. The molecule has 0 saturated heterocycles. The number of nitrogens with two attached hydrogens (primary N) is 1. The number of unbranched alkanes of at least 4 members (excludes halogenated alkanes) is 1. The fraction of sp³-hybridized carbons (Fsp3) is 0.561. The third kappa shape index (κ3) is 18.7. The second kappa shape index (κ2) is 25.5. The predicted molar refractivity (Wildman–Crippen MR) is 217 cm³/mol. The Morgan fingerprint density at radius 2 is 1.35 bits per heavy atom. The maximum atomic E-state index is 14.9. The van der Waals surface area contributed by atoms with Gasteiger partial charge in [-0.1, -0.05) is 71.0 Å². The molecule has 0 aromatic heterocycles. The average molecular weight is 845 g/mol. The van der Waals surface area contributed by atoms with Crippen molar-refractivity contribution < 1.29 is 63.3 Å². The third-order valence-electron chi connectivity index (χ3n) is 9.05. The molecule has 1 aromatic rings. The lowest BCUT2D eigenvalue weighted by Gasteiger charge is -2.40. The molecule has 6 amide bonds. The summed E-state index contributed by atoms with van der Waals surface area (Å²) in [5.74, 6) is -10.3. The van der Waals surface area contributed by atoms with Crippen LogP contribution >= 0.6 is 0 Å². The molecule has 0 aliphatic rings. The fourth-order valence-corrected chi connectivity index (χ4v) is 6.02. The van der Waals surface area contributed by atoms with Gasteiger partial charge in [-0.3, -0.25) is 48.1 Å². The standard InChI is InChI=1S/C41H60N6O13/c1-24(2)21-29(37(57)43-19-11-7-8-12-20-48)45-39(59)35(41(4,5)6)47(31(49)16-18-33(52)53)40(60)30(22-26-14-10-9-13-25(26)3)46-38(58)28(15-17-32(50)51)44-36(56)27(42)23-34(54)55/h7,9-11,13-14,20,24,27-30,35H,8,12,15-19,21-23,42H2,1-6H3,(H,43,57)(H,44,56)(H,45,59)(H,46,58)(H,50,51)(H,52,53)(H,54,55)/t27-,28-,29-,30-,35+/m0/s1. The van der Waals surface area contributed by atoms with Gasteiger partial charge in [-0.15, -0.1) is 0 Å². The number of hydrogen-bond donors (Lipinski definition) is 8. The Morgan fingerprint density at radius 1 is 0.750 bits per heavy atom. The lowest BCUT2D eigenvalue weighted by atomic mass is 9.83. The van der Waals surface area contributed by atoms with Gasteiger partial charge < -0.3 is 47.1 Å². The number of nitrogens with one attached hydrogen (secondary N) is 4. The molecule has 0 radical (unpaired) electrons. The SMILES string of the molecule is Cc1ccccc1C[C@H](NC(=O)[C@H](CCC(=O)O)NC(=O)[C@@H](N)CC(=O)O)C(=O)N(C(=O)CCC(=O)O)[C@H](C(=O)N[C@@H](CC(C)C)C(=O)NCC=CCCC=O)C(C)(C)C. The van der Waals surface area contributed by atoms with E-state index in [1.165, 1.54) is 20.8 Å². The van der Waals surface area contributed by atoms with Crippen LogP contribution in [0.1, 0.15) is 97.1 Å². The van der Waals surface area contributed by atoms with Gasteiger partial charge in [0, 0.05) is 32.2 Å². The number of hydrogen-bond acceptors (Lipinski definition) is 11. The van der Waals surface area contributed by atoms with Crippen LogP contribution in [0.3, 0.4) is 0 Å². The Kier molecular flexibility index (Phi) is 22.1. The minimum atomic E-state index is -1.71. The first kappa shape index (κ1) is 52.0. The van der Waals surface area contributed by atoms with E-state index in [0.717, 1.165) is 6.29 Å². The number of imide groups is 1. The number of benzene rings is 1. The van der Waals surface area contributed by atoms with Gasteiger partial charge >= 0.3 is 17.9 Å². The number of allylic oxidation sites excluding steroid dienone is 1. The van der Waals surface area contributed by atoms with Crippen LogP contribution in [0.15, 0.2) is 36.4 Å². The monoisotopic (exact) mass is 844 g/mol. The van der Waals surface area contributed by atoms with E-state index in [2.05, 4.69) is 21.3 Å². The van der Waals surface area contributed by atoms with Gasteiger partial charge in [0.1, 0.15) is 30.5 Å². The lowest BCUT2D eigenvalue weighted by molar-refractivity contribution is -0.159. The molecule has 0 saturated carbocycles. The zero-order valence-electron chi connectivity index (χ0n) is 35.0. The highest BCUT2D eigenvalue weighted by Gasteiger charge is 2.46. The van der Waals surface area contributed by atoms with Crippen molar-refractivity contribution in [3.63, 3.8) is 0 Å². The normalized spacial score (nSPS) is 13.9. The third-order valence-corrected chi connectivity index (χ3v) is 9.05. The minimum absolute atomic E-state index is 0.0723. The Labute approximate surface area is 349 Å². The van der Waals surface area contributed by atoms with Crippen molar-refractivity contribution in [2.24, 2.45) is 17.1 Å². The summed E-state index contributed by atoms with van der Waals surface area (Å²) in [5.41, 5.74) is 5.54. The Balaban J connectivity index is 3.87. The molecule has 0 spiro atoms. The average Bonchev–Trinajstić information content (AvgIpc) is 3.14. The van der Waals surface area contributed by atoms with Gasteiger partial charge in [0.2, 0.25) is 29.5 Å². The van der Waals surface area contributed by atoms with Crippen LogP contribution in [0.25, 0.3) is 0 Å². The summed E-state index contributed by atoms with van der Waals surface area (Å²) in [6.45, 7) is 10.0. The number of nitrogens with zero attached hydrogens (tertiary/aromatic N) is 1. The van der Waals surface area contributed by atoms with E-state index >= 15 is 0 Å². The van der Waals surface area contributed by atoms with E-state index in [1.807, 2.05) is 13.8 Å². The van der Waals surface area contributed by atoms with Gasteiger partial charge in [-0.05, 0) is 48.6 Å². The first-order valence-electron chi connectivity index (χ1n) is 19.6. The molecule has 60 heavy (non-hydrogen) atoms. The summed E-state index contributed by atoms with van der Waals surface area (Å²) >= 11 is 0. The summed E-state index contributed by atoms with van der Waals surface area (Å²) in [6.07, 6.45) is 1.18. The van der Waals surface area contributed by atoms with E-state index in [-0.39, 0.29) is 25.3 Å². The Morgan fingerprint density at radius 3 is 1.90 bits per heavy atom. The van der Waals surface area contributed by atoms with Crippen LogP contribution in [-0.4, -0.2) is 117 Å². The van der Waals surface area contributed by atoms with Gasteiger partial charge in [0.25, 0.3) is 5.91 Å². The van der Waals surface area contributed by atoms with E-state index in [1.54, 1.807) is 43.3 Å².